The van der Waals surface area contributed by atoms with E-state index < -0.39 is 0 Å². The Bertz CT molecular complexity index is 562. The van der Waals surface area contributed by atoms with Gasteiger partial charge in [-0.05, 0) is 16.5 Å². The summed E-state index contributed by atoms with van der Waals surface area (Å²) in [6, 6.07) is 8.50. The van der Waals surface area contributed by atoms with Crippen LogP contribution in [0.5, 0.6) is 0 Å². The lowest BCUT2D eigenvalue weighted by Crippen LogP contribution is -2.10. The summed E-state index contributed by atoms with van der Waals surface area (Å²) in [4.78, 5) is 7.02. The third-order valence-electron chi connectivity index (χ3n) is 2.78. The van der Waals surface area contributed by atoms with Crippen LogP contribution < -0.4 is 0 Å². The second-order valence-corrected chi connectivity index (χ2v) is 5.53. The maximum atomic E-state index is 5.24. The van der Waals surface area contributed by atoms with Crippen molar-refractivity contribution in [1.82, 2.24) is 9.97 Å². The Kier molecular flexibility index (Phi) is 3.11. The third-order valence-corrected chi connectivity index (χ3v) is 3.12. The van der Waals surface area contributed by atoms with Crippen LogP contribution in [0.4, 0.5) is 0 Å². The minimum Gasteiger partial charge on any atom is -0.337 e. The first-order valence-electron chi connectivity index (χ1n) is 5.62. The van der Waals surface area contributed by atoms with Crippen molar-refractivity contribution >= 4 is 12.2 Å². The van der Waals surface area contributed by atoms with Crippen molar-refractivity contribution in [3.63, 3.8) is 0 Å². The Labute approximate surface area is 107 Å². The number of hydrogen-bond acceptors (Lipinski definition) is 2. The summed E-state index contributed by atoms with van der Waals surface area (Å²) in [5.74, 6) is 0. The van der Waals surface area contributed by atoms with Crippen LogP contribution in [0.2, 0.25) is 0 Å². The average Bonchev–Trinajstić information content (AvgIpc) is 2.29. The van der Waals surface area contributed by atoms with Crippen LogP contribution in [-0.2, 0) is 5.41 Å². The van der Waals surface area contributed by atoms with Gasteiger partial charge in [-0.25, -0.2) is 4.98 Å². The monoisotopic (exact) mass is 244 g/mol. The van der Waals surface area contributed by atoms with E-state index >= 15 is 0 Å². The minimum absolute atomic E-state index is 0.177. The summed E-state index contributed by atoms with van der Waals surface area (Å²) < 4.78 is 0.725. The first-order valence-corrected chi connectivity index (χ1v) is 6.03. The lowest BCUT2D eigenvalue weighted by atomic mass is 9.86. The molecule has 88 valence electrons. The van der Waals surface area contributed by atoms with Crippen molar-refractivity contribution in [2.45, 2.75) is 26.2 Å². The van der Waals surface area contributed by atoms with Crippen LogP contribution in [0.3, 0.4) is 0 Å². The molecule has 1 aromatic heterocycles. The molecule has 1 N–H and O–H groups in total. The standard InChI is InChI=1S/C14H16N2S/c1-14(2,3)11-6-4-10(5-7-11)12-8-15-9-16-13(12)17/h4-9H,1-3H3,(H,15,16,17). The van der Waals surface area contributed by atoms with Gasteiger partial charge >= 0.3 is 0 Å². The van der Waals surface area contributed by atoms with Crippen molar-refractivity contribution < 1.29 is 0 Å². The van der Waals surface area contributed by atoms with Gasteiger partial charge in [-0.1, -0.05) is 57.3 Å². The SMILES string of the molecule is CC(C)(C)c1ccc(-c2cnc[nH]c2=S)cc1. The quantitative estimate of drug-likeness (QED) is 0.765. The zero-order chi connectivity index (χ0) is 12.5. The molecule has 3 heteroatoms. The number of hydrogen-bond donors (Lipinski definition) is 1. The molecule has 1 aromatic carbocycles. The van der Waals surface area contributed by atoms with Gasteiger partial charge in [0.2, 0.25) is 0 Å². The molecule has 0 aliphatic carbocycles. The molecule has 0 amide bonds. The molecule has 0 saturated heterocycles. The van der Waals surface area contributed by atoms with Gasteiger partial charge in [0.1, 0.15) is 4.64 Å². The molecule has 2 aromatic rings. The Balaban J connectivity index is 2.44. The number of benzene rings is 1. The van der Waals surface area contributed by atoms with Crippen LogP contribution in [0.15, 0.2) is 36.8 Å². The number of nitrogens with zero attached hydrogens (tertiary/aromatic N) is 1. The van der Waals surface area contributed by atoms with Gasteiger partial charge in [0.25, 0.3) is 0 Å². The normalized spacial score (nSPS) is 11.5. The van der Waals surface area contributed by atoms with Gasteiger partial charge in [-0.3, -0.25) is 0 Å². The van der Waals surface area contributed by atoms with Gasteiger partial charge in [-0.15, -0.1) is 0 Å². The molecule has 2 rings (SSSR count). The summed E-state index contributed by atoms with van der Waals surface area (Å²) in [6.07, 6.45) is 3.40. The molecule has 0 saturated carbocycles. The van der Waals surface area contributed by atoms with Crippen molar-refractivity contribution in [3.05, 3.63) is 47.0 Å². The molecule has 1 heterocycles. The van der Waals surface area contributed by atoms with E-state index in [0.29, 0.717) is 0 Å². The van der Waals surface area contributed by atoms with Crippen LogP contribution >= 0.6 is 12.2 Å². The fourth-order valence-corrected chi connectivity index (χ4v) is 1.92. The first kappa shape index (κ1) is 12.0. The van der Waals surface area contributed by atoms with E-state index in [2.05, 4.69) is 55.0 Å². The van der Waals surface area contributed by atoms with Gasteiger partial charge in [0.15, 0.2) is 0 Å². The zero-order valence-corrected chi connectivity index (χ0v) is 11.1. The Morgan fingerprint density at radius 1 is 1.12 bits per heavy atom. The Hall–Kier alpha value is -1.48. The number of aromatic nitrogens is 2. The van der Waals surface area contributed by atoms with Gasteiger partial charge < -0.3 is 4.98 Å². The summed E-state index contributed by atoms with van der Waals surface area (Å²) >= 11 is 5.24. The summed E-state index contributed by atoms with van der Waals surface area (Å²) in [5.41, 5.74) is 3.58. The highest BCUT2D eigenvalue weighted by Gasteiger charge is 2.13. The smallest absolute Gasteiger partial charge is 0.113 e. The Morgan fingerprint density at radius 3 is 2.29 bits per heavy atom. The van der Waals surface area contributed by atoms with Crippen LogP contribution in [0.1, 0.15) is 26.3 Å². The molecule has 2 nitrogen and oxygen atoms in total. The fourth-order valence-electron chi connectivity index (χ4n) is 1.70. The van der Waals surface area contributed by atoms with Crippen LogP contribution in [0.25, 0.3) is 11.1 Å². The van der Waals surface area contributed by atoms with Crippen molar-refractivity contribution in [3.8, 4) is 11.1 Å². The highest BCUT2D eigenvalue weighted by Crippen LogP contribution is 2.25. The molecule has 0 radical (unpaired) electrons. The maximum absolute atomic E-state index is 5.24. The summed E-state index contributed by atoms with van der Waals surface area (Å²) in [7, 11) is 0. The first-order chi connectivity index (χ1) is 7.98. The topological polar surface area (TPSA) is 28.7 Å². The molecular weight excluding hydrogens is 228 g/mol. The molecule has 0 bridgehead atoms. The molecule has 0 unspecified atom stereocenters. The molecule has 0 aliphatic heterocycles. The number of rotatable bonds is 1. The Morgan fingerprint density at radius 2 is 1.76 bits per heavy atom. The second-order valence-electron chi connectivity index (χ2n) is 5.12. The second kappa shape index (κ2) is 4.41. The van der Waals surface area contributed by atoms with Crippen molar-refractivity contribution in [2.24, 2.45) is 0 Å². The predicted octanol–water partition coefficient (Wildman–Crippen LogP) is 4.10. The van der Waals surface area contributed by atoms with E-state index in [-0.39, 0.29) is 5.41 Å². The highest BCUT2D eigenvalue weighted by atomic mass is 32.1. The van der Waals surface area contributed by atoms with E-state index in [1.165, 1.54) is 5.56 Å². The van der Waals surface area contributed by atoms with Gasteiger partial charge in [0.05, 0.1) is 6.33 Å². The minimum atomic E-state index is 0.177. The van der Waals surface area contributed by atoms with Gasteiger partial charge in [-0.2, -0.15) is 0 Å². The molecular formula is C14H16N2S. The molecule has 0 aliphatic rings. The highest BCUT2D eigenvalue weighted by molar-refractivity contribution is 7.71. The van der Waals surface area contributed by atoms with E-state index in [9.17, 15) is 0 Å². The van der Waals surface area contributed by atoms with E-state index in [1.54, 1.807) is 12.5 Å². The van der Waals surface area contributed by atoms with Gasteiger partial charge in [0, 0.05) is 11.8 Å². The number of nitrogens with one attached hydrogen (secondary N) is 1. The van der Waals surface area contributed by atoms with Crippen LogP contribution in [-0.4, -0.2) is 9.97 Å². The lowest BCUT2D eigenvalue weighted by molar-refractivity contribution is 0.590. The molecule has 0 fully saturated rings. The fraction of sp³-hybridized carbons (Fsp3) is 0.286. The zero-order valence-electron chi connectivity index (χ0n) is 10.3. The largest absolute Gasteiger partial charge is 0.337 e. The number of aromatic amines is 1. The molecule has 0 atom stereocenters. The van der Waals surface area contributed by atoms with E-state index in [0.717, 1.165) is 15.8 Å². The number of H-pyrrole nitrogens is 1. The van der Waals surface area contributed by atoms with Crippen LogP contribution in [0, 0.1) is 4.64 Å². The van der Waals surface area contributed by atoms with E-state index in [4.69, 9.17) is 12.2 Å². The predicted molar refractivity (Wildman–Crippen MR) is 73.6 cm³/mol. The molecule has 0 spiro atoms. The lowest BCUT2D eigenvalue weighted by Gasteiger charge is -2.19. The maximum Gasteiger partial charge on any atom is 0.113 e. The van der Waals surface area contributed by atoms with Crippen molar-refractivity contribution in [1.29, 1.82) is 0 Å². The third kappa shape index (κ3) is 2.61. The molecule has 17 heavy (non-hydrogen) atoms. The summed E-state index contributed by atoms with van der Waals surface area (Å²) in [6.45, 7) is 6.62. The summed E-state index contributed by atoms with van der Waals surface area (Å²) in [5, 5.41) is 0. The van der Waals surface area contributed by atoms with Crippen molar-refractivity contribution in [2.75, 3.05) is 0 Å². The average molecular weight is 244 g/mol. The van der Waals surface area contributed by atoms with E-state index in [1.807, 2.05) is 0 Å².